The van der Waals surface area contributed by atoms with Crippen LogP contribution in [0.25, 0.3) is 0 Å². The Labute approximate surface area is 93.1 Å². The Morgan fingerprint density at radius 2 is 1.87 bits per heavy atom. The molecule has 0 saturated carbocycles. The zero-order valence-electron chi connectivity index (χ0n) is 10.2. The van der Waals surface area contributed by atoms with Crippen molar-refractivity contribution in [3.63, 3.8) is 0 Å². The molecule has 1 aromatic carbocycles. The van der Waals surface area contributed by atoms with Crippen LogP contribution in [0.15, 0.2) is 18.2 Å². The van der Waals surface area contributed by atoms with Gasteiger partial charge in [0.05, 0.1) is 0 Å². The van der Waals surface area contributed by atoms with Crippen LogP contribution in [0.1, 0.15) is 29.2 Å². The van der Waals surface area contributed by atoms with Gasteiger partial charge in [-0.05, 0) is 57.6 Å². The minimum Gasteiger partial charge on any atom is -0.330 e. The molecule has 0 aliphatic carbocycles. The Hall–Kier alpha value is -0.860. The van der Waals surface area contributed by atoms with E-state index in [1.54, 1.807) is 0 Å². The molecule has 0 aromatic heterocycles. The summed E-state index contributed by atoms with van der Waals surface area (Å²) < 4.78 is 0. The van der Waals surface area contributed by atoms with Crippen molar-refractivity contribution in [3.8, 4) is 0 Å². The van der Waals surface area contributed by atoms with Gasteiger partial charge in [-0.15, -0.1) is 0 Å². The van der Waals surface area contributed by atoms with Crippen molar-refractivity contribution in [2.75, 3.05) is 20.6 Å². The van der Waals surface area contributed by atoms with Crippen LogP contribution in [0.4, 0.5) is 0 Å². The van der Waals surface area contributed by atoms with E-state index < -0.39 is 0 Å². The standard InChI is InChI=1S/C13H22N2/c1-10-5-6-12(9-11(10)2)13(7-8-14)15(3)4/h5-6,9,13H,7-8,14H2,1-4H3. The second-order valence-corrected chi connectivity index (χ2v) is 4.40. The van der Waals surface area contributed by atoms with Crippen LogP contribution in [0.3, 0.4) is 0 Å². The molecule has 0 spiro atoms. The maximum atomic E-state index is 5.65. The fraction of sp³-hybridized carbons (Fsp3) is 0.538. The lowest BCUT2D eigenvalue weighted by atomic mass is 9.98. The van der Waals surface area contributed by atoms with Crippen molar-refractivity contribution in [1.82, 2.24) is 4.90 Å². The van der Waals surface area contributed by atoms with E-state index in [-0.39, 0.29) is 0 Å². The van der Waals surface area contributed by atoms with Crippen LogP contribution >= 0.6 is 0 Å². The van der Waals surface area contributed by atoms with Gasteiger partial charge in [0.25, 0.3) is 0 Å². The van der Waals surface area contributed by atoms with Gasteiger partial charge < -0.3 is 10.6 Å². The van der Waals surface area contributed by atoms with Gasteiger partial charge in [-0.3, -0.25) is 0 Å². The molecule has 2 heteroatoms. The first-order chi connectivity index (χ1) is 7.06. The lowest BCUT2D eigenvalue weighted by Gasteiger charge is -2.24. The number of hydrogen-bond donors (Lipinski definition) is 1. The molecular formula is C13H22N2. The van der Waals surface area contributed by atoms with Crippen LogP contribution in [0.5, 0.6) is 0 Å². The van der Waals surface area contributed by atoms with Gasteiger partial charge in [-0.1, -0.05) is 18.2 Å². The summed E-state index contributed by atoms with van der Waals surface area (Å²) in [6.07, 6.45) is 1.01. The van der Waals surface area contributed by atoms with Crippen molar-refractivity contribution >= 4 is 0 Å². The highest BCUT2D eigenvalue weighted by atomic mass is 15.1. The number of nitrogens with zero attached hydrogens (tertiary/aromatic N) is 1. The maximum absolute atomic E-state index is 5.65. The number of aryl methyl sites for hydroxylation is 2. The molecule has 15 heavy (non-hydrogen) atoms. The molecule has 0 aliphatic rings. The maximum Gasteiger partial charge on any atom is 0.0354 e. The molecule has 0 fully saturated rings. The summed E-state index contributed by atoms with van der Waals surface area (Å²) >= 11 is 0. The molecule has 0 aliphatic heterocycles. The molecule has 0 heterocycles. The summed E-state index contributed by atoms with van der Waals surface area (Å²) in [5.41, 5.74) is 9.72. The Morgan fingerprint density at radius 3 is 2.33 bits per heavy atom. The highest BCUT2D eigenvalue weighted by Gasteiger charge is 2.13. The molecule has 0 radical (unpaired) electrons. The SMILES string of the molecule is Cc1ccc(C(CCN)N(C)C)cc1C. The minimum absolute atomic E-state index is 0.439. The van der Waals surface area contributed by atoms with E-state index in [1.165, 1.54) is 16.7 Å². The number of rotatable bonds is 4. The Balaban J connectivity index is 2.95. The van der Waals surface area contributed by atoms with E-state index in [0.29, 0.717) is 6.04 Å². The predicted molar refractivity (Wildman–Crippen MR) is 66.0 cm³/mol. The van der Waals surface area contributed by atoms with Crippen molar-refractivity contribution in [3.05, 3.63) is 34.9 Å². The van der Waals surface area contributed by atoms with Crippen LogP contribution in [-0.2, 0) is 0 Å². The highest BCUT2D eigenvalue weighted by Crippen LogP contribution is 2.23. The van der Waals surface area contributed by atoms with Gasteiger partial charge >= 0.3 is 0 Å². The summed E-state index contributed by atoms with van der Waals surface area (Å²) in [4.78, 5) is 2.23. The van der Waals surface area contributed by atoms with E-state index in [0.717, 1.165) is 13.0 Å². The quantitative estimate of drug-likeness (QED) is 0.818. The van der Waals surface area contributed by atoms with E-state index >= 15 is 0 Å². The fourth-order valence-corrected chi connectivity index (χ4v) is 1.85. The number of hydrogen-bond acceptors (Lipinski definition) is 2. The van der Waals surface area contributed by atoms with Crippen molar-refractivity contribution < 1.29 is 0 Å². The number of nitrogens with two attached hydrogens (primary N) is 1. The summed E-state index contributed by atoms with van der Waals surface area (Å²) in [6.45, 7) is 5.04. The topological polar surface area (TPSA) is 29.3 Å². The number of benzene rings is 1. The van der Waals surface area contributed by atoms with Crippen LogP contribution in [-0.4, -0.2) is 25.5 Å². The zero-order valence-corrected chi connectivity index (χ0v) is 10.2. The first kappa shape index (κ1) is 12.2. The molecule has 84 valence electrons. The summed E-state index contributed by atoms with van der Waals surface area (Å²) in [7, 11) is 4.21. The lowest BCUT2D eigenvalue weighted by Crippen LogP contribution is -2.22. The monoisotopic (exact) mass is 206 g/mol. The van der Waals surface area contributed by atoms with Crippen LogP contribution in [0, 0.1) is 13.8 Å². The zero-order chi connectivity index (χ0) is 11.4. The molecule has 1 unspecified atom stereocenters. The summed E-state index contributed by atoms with van der Waals surface area (Å²) in [5, 5.41) is 0. The van der Waals surface area contributed by atoms with Gasteiger partial charge in [0.1, 0.15) is 0 Å². The second kappa shape index (κ2) is 5.29. The summed E-state index contributed by atoms with van der Waals surface area (Å²) in [6, 6.07) is 7.12. The first-order valence-electron chi connectivity index (χ1n) is 5.50. The van der Waals surface area contributed by atoms with Gasteiger partial charge in [0.15, 0.2) is 0 Å². The Kier molecular flexibility index (Phi) is 4.30. The summed E-state index contributed by atoms with van der Waals surface area (Å²) in [5.74, 6) is 0. The molecule has 1 atom stereocenters. The smallest absolute Gasteiger partial charge is 0.0354 e. The minimum atomic E-state index is 0.439. The molecule has 1 rings (SSSR count). The van der Waals surface area contributed by atoms with Crippen molar-refractivity contribution in [2.24, 2.45) is 5.73 Å². The first-order valence-corrected chi connectivity index (χ1v) is 5.50. The highest BCUT2D eigenvalue weighted by molar-refractivity contribution is 5.31. The van der Waals surface area contributed by atoms with Gasteiger partial charge in [0.2, 0.25) is 0 Å². The largest absolute Gasteiger partial charge is 0.330 e. The van der Waals surface area contributed by atoms with Gasteiger partial charge in [0, 0.05) is 6.04 Å². The fourth-order valence-electron chi connectivity index (χ4n) is 1.85. The third-order valence-corrected chi connectivity index (χ3v) is 2.98. The van der Waals surface area contributed by atoms with E-state index in [4.69, 9.17) is 5.73 Å². The van der Waals surface area contributed by atoms with E-state index in [2.05, 4.69) is 51.0 Å². The van der Waals surface area contributed by atoms with Crippen molar-refractivity contribution in [1.29, 1.82) is 0 Å². The molecule has 2 nitrogen and oxygen atoms in total. The van der Waals surface area contributed by atoms with Crippen LogP contribution in [0.2, 0.25) is 0 Å². The molecular weight excluding hydrogens is 184 g/mol. The normalized spacial score (nSPS) is 13.2. The van der Waals surface area contributed by atoms with Crippen LogP contribution < -0.4 is 5.73 Å². The molecule has 1 aromatic rings. The Bertz CT molecular complexity index is 318. The second-order valence-electron chi connectivity index (χ2n) is 4.40. The van der Waals surface area contributed by atoms with Gasteiger partial charge in [-0.25, -0.2) is 0 Å². The third kappa shape index (κ3) is 3.05. The molecule has 0 bridgehead atoms. The average Bonchev–Trinajstić information content (AvgIpc) is 2.18. The lowest BCUT2D eigenvalue weighted by molar-refractivity contribution is 0.287. The van der Waals surface area contributed by atoms with Gasteiger partial charge in [-0.2, -0.15) is 0 Å². The van der Waals surface area contributed by atoms with E-state index in [1.807, 2.05) is 0 Å². The average molecular weight is 206 g/mol. The Morgan fingerprint density at radius 1 is 1.20 bits per heavy atom. The third-order valence-electron chi connectivity index (χ3n) is 2.98. The van der Waals surface area contributed by atoms with Crippen molar-refractivity contribution in [2.45, 2.75) is 26.3 Å². The predicted octanol–water partition coefficient (Wildman–Crippen LogP) is 2.25. The molecule has 0 amide bonds. The molecule has 0 saturated heterocycles. The van der Waals surface area contributed by atoms with E-state index in [9.17, 15) is 0 Å². The molecule has 2 N–H and O–H groups in total.